The minimum Gasteiger partial charge on any atom is -0.454 e. The molecule has 1 N–H and O–H groups in total. The highest BCUT2D eigenvalue weighted by Gasteiger charge is 2.20. The third-order valence-electron chi connectivity index (χ3n) is 5.53. The first-order chi connectivity index (χ1) is 15.2. The molecule has 5 rings (SSSR count). The van der Waals surface area contributed by atoms with E-state index < -0.39 is 0 Å². The van der Waals surface area contributed by atoms with Gasteiger partial charge >= 0.3 is 0 Å². The Morgan fingerprint density at radius 3 is 2.71 bits per heavy atom. The molecule has 7 nitrogen and oxygen atoms in total. The quantitative estimate of drug-likeness (QED) is 0.595. The number of aromatic nitrogens is 1. The average Bonchev–Trinajstić information content (AvgIpc) is 3.53. The van der Waals surface area contributed by atoms with Crippen molar-refractivity contribution in [2.24, 2.45) is 0 Å². The van der Waals surface area contributed by atoms with Crippen LogP contribution in [-0.2, 0) is 16.1 Å². The number of likely N-dealkylation sites (tertiary alicyclic amines) is 1. The van der Waals surface area contributed by atoms with Crippen molar-refractivity contribution in [3.63, 3.8) is 0 Å². The fourth-order valence-electron chi connectivity index (χ4n) is 3.99. The van der Waals surface area contributed by atoms with Crippen molar-refractivity contribution in [1.29, 1.82) is 0 Å². The van der Waals surface area contributed by atoms with Crippen LogP contribution in [0.2, 0.25) is 0 Å². The van der Waals surface area contributed by atoms with Gasteiger partial charge in [0.25, 0.3) is 0 Å². The summed E-state index contributed by atoms with van der Waals surface area (Å²) in [5, 5.41) is 3.96. The fraction of sp³-hybridized carbons (Fsp3) is 0.304. The van der Waals surface area contributed by atoms with E-state index in [1.807, 2.05) is 39.9 Å². The lowest BCUT2D eigenvalue weighted by Gasteiger charge is -2.15. The van der Waals surface area contributed by atoms with Gasteiger partial charge in [-0.1, -0.05) is 18.2 Å². The molecular weight excluding hydrogens is 414 g/mol. The van der Waals surface area contributed by atoms with Gasteiger partial charge in [-0.15, -0.1) is 11.8 Å². The molecule has 2 aliphatic heterocycles. The van der Waals surface area contributed by atoms with E-state index in [0.29, 0.717) is 23.7 Å². The molecule has 1 fully saturated rings. The summed E-state index contributed by atoms with van der Waals surface area (Å²) in [4.78, 5) is 28.1. The topological polar surface area (TPSA) is 72.8 Å². The number of rotatable bonds is 6. The molecule has 3 heterocycles. The number of hydrogen-bond donors (Lipinski definition) is 1. The zero-order valence-electron chi connectivity index (χ0n) is 17.0. The summed E-state index contributed by atoms with van der Waals surface area (Å²) >= 11 is 1.47. The van der Waals surface area contributed by atoms with Gasteiger partial charge in [0.1, 0.15) is 6.54 Å². The summed E-state index contributed by atoms with van der Waals surface area (Å²) in [6, 6.07) is 13.3. The summed E-state index contributed by atoms with van der Waals surface area (Å²) in [6.45, 7) is 2.22. The highest BCUT2D eigenvalue weighted by atomic mass is 32.2. The molecule has 31 heavy (non-hydrogen) atoms. The Morgan fingerprint density at radius 1 is 1.03 bits per heavy atom. The van der Waals surface area contributed by atoms with Gasteiger partial charge in [-0.25, -0.2) is 0 Å². The van der Waals surface area contributed by atoms with Crippen LogP contribution >= 0.6 is 11.8 Å². The Balaban J connectivity index is 1.26. The smallest absolute Gasteiger partial charge is 0.242 e. The van der Waals surface area contributed by atoms with Crippen LogP contribution < -0.4 is 14.8 Å². The van der Waals surface area contributed by atoms with Crippen molar-refractivity contribution in [1.82, 2.24) is 9.47 Å². The zero-order chi connectivity index (χ0) is 21.2. The van der Waals surface area contributed by atoms with Crippen LogP contribution in [0.1, 0.15) is 12.8 Å². The van der Waals surface area contributed by atoms with E-state index in [4.69, 9.17) is 9.47 Å². The van der Waals surface area contributed by atoms with Crippen molar-refractivity contribution in [2.45, 2.75) is 24.3 Å². The molecule has 8 heteroatoms. The van der Waals surface area contributed by atoms with Crippen molar-refractivity contribution in [3.8, 4) is 11.5 Å². The molecule has 160 valence electrons. The van der Waals surface area contributed by atoms with Crippen LogP contribution in [0.5, 0.6) is 11.5 Å². The Morgan fingerprint density at radius 2 is 1.84 bits per heavy atom. The van der Waals surface area contributed by atoms with Gasteiger partial charge in [0.05, 0.1) is 5.75 Å². The summed E-state index contributed by atoms with van der Waals surface area (Å²) in [5.74, 6) is 1.63. The van der Waals surface area contributed by atoms with Gasteiger partial charge in [-0.05, 0) is 31.0 Å². The fourth-order valence-corrected chi connectivity index (χ4v) is 4.87. The monoisotopic (exact) mass is 437 g/mol. The van der Waals surface area contributed by atoms with Gasteiger partial charge in [-0.3, -0.25) is 9.59 Å². The lowest BCUT2D eigenvalue weighted by molar-refractivity contribution is -0.130. The maximum atomic E-state index is 12.6. The number of fused-ring (bicyclic) bond motifs is 2. The Hall–Kier alpha value is -3.13. The van der Waals surface area contributed by atoms with Gasteiger partial charge in [-0.2, -0.15) is 0 Å². The predicted molar refractivity (Wildman–Crippen MR) is 120 cm³/mol. The highest BCUT2D eigenvalue weighted by Crippen LogP contribution is 2.34. The number of anilines is 1. The summed E-state index contributed by atoms with van der Waals surface area (Å²) in [6.07, 6.45) is 4.15. The zero-order valence-corrected chi connectivity index (χ0v) is 17.8. The molecule has 1 aromatic heterocycles. The maximum Gasteiger partial charge on any atom is 0.242 e. The normalized spacial score (nSPS) is 14.9. The molecule has 1 saturated heterocycles. The third kappa shape index (κ3) is 4.20. The van der Waals surface area contributed by atoms with Crippen molar-refractivity contribution in [3.05, 3.63) is 48.7 Å². The Kier molecular flexibility index (Phi) is 5.46. The maximum absolute atomic E-state index is 12.6. The first-order valence-electron chi connectivity index (χ1n) is 10.4. The molecule has 0 unspecified atom stereocenters. The van der Waals surface area contributed by atoms with Gasteiger partial charge in [0, 0.05) is 46.8 Å². The molecular formula is C23H23N3O4S. The number of nitrogens with one attached hydrogen (secondary N) is 1. The second-order valence-electron chi connectivity index (χ2n) is 7.63. The van der Waals surface area contributed by atoms with Crippen LogP contribution in [0.25, 0.3) is 10.9 Å². The van der Waals surface area contributed by atoms with Crippen LogP contribution in [0.3, 0.4) is 0 Å². The number of carbonyl (C=O) groups excluding carboxylic acids is 2. The summed E-state index contributed by atoms with van der Waals surface area (Å²) in [5.41, 5.74) is 1.68. The van der Waals surface area contributed by atoms with Gasteiger partial charge < -0.3 is 24.3 Å². The lowest BCUT2D eigenvalue weighted by atomic mass is 10.2. The number of carbonyl (C=O) groups is 2. The summed E-state index contributed by atoms with van der Waals surface area (Å²) < 4.78 is 12.6. The minimum absolute atomic E-state index is 0.103. The van der Waals surface area contributed by atoms with Crippen molar-refractivity contribution < 1.29 is 19.1 Å². The largest absolute Gasteiger partial charge is 0.454 e. The molecule has 0 spiro atoms. The predicted octanol–water partition coefficient (Wildman–Crippen LogP) is 3.72. The number of hydrogen-bond acceptors (Lipinski definition) is 5. The van der Waals surface area contributed by atoms with E-state index in [9.17, 15) is 9.59 Å². The highest BCUT2D eigenvalue weighted by molar-refractivity contribution is 8.00. The van der Waals surface area contributed by atoms with Gasteiger partial charge in [0.2, 0.25) is 18.6 Å². The molecule has 0 aliphatic carbocycles. The molecule has 3 aromatic rings. The number of thioether (sulfide) groups is 1. The van der Waals surface area contributed by atoms with E-state index >= 15 is 0 Å². The van der Waals surface area contributed by atoms with Crippen LogP contribution in [0.4, 0.5) is 5.69 Å². The van der Waals surface area contributed by atoms with Crippen molar-refractivity contribution >= 4 is 40.2 Å². The van der Waals surface area contributed by atoms with Crippen LogP contribution in [-0.4, -0.2) is 46.9 Å². The first kappa shape index (κ1) is 19.8. The minimum atomic E-state index is -0.103. The molecule has 2 aromatic carbocycles. The van der Waals surface area contributed by atoms with Crippen molar-refractivity contribution in [2.75, 3.05) is 31.0 Å². The molecule has 0 radical (unpaired) electrons. The number of benzene rings is 2. The second kappa shape index (κ2) is 8.55. The van der Waals surface area contributed by atoms with E-state index in [1.165, 1.54) is 11.8 Å². The van der Waals surface area contributed by atoms with Crippen LogP contribution in [0, 0.1) is 0 Å². The third-order valence-corrected chi connectivity index (χ3v) is 6.57. The molecule has 2 amide bonds. The Labute approximate surface area is 184 Å². The molecule has 0 bridgehead atoms. The second-order valence-corrected chi connectivity index (χ2v) is 8.65. The first-order valence-corrected chi connectivity index (χ1v) is 11.3. The molecule has 0 saturated carbocycles. The van der Waals surface area contributed by atoms with E-state index in [2.05, 4.69) is 5.32 Å². The Bertz CT molecular complexity index is 1140. The van der Waals surface area contributed by atoms with Crippen LogP contribution in [0.15, 0.2) is 53.6 Å². The SMILES string of the molecule is O=C(CSc1cn(CC(=O)N2CCCC2)c2ccccc12)Nc1ccc2c(c1)OCO2. The average molecular weight is 438 g/mol. The molecule has 2 aliphatic rings. The summed E-state index contributed by atoms with van der Waals surface area (Å²) in [7, 11) is 0. The number of ether oxygens (including phenoxy) is 2. The van der Waals surface area contributed by atoms with E-state index in [0.717, 1.165) is 41.7 Å². The number of para-hydroxylation sites is 1. The standard InChI is InChI=1S/C23H23N3O4S/c27-22(24-16-7-8-19-20(11-16)30-15-29-19)14-31-21-12-26(18-6-2-1-5-17(18)21)13-23(28)25-9-3-4-10-25/h1-2,5-8,11-12H,3-4,9-10,13-15H2,(H,24,27). The van der Waals surface area contributed by atoms with E-state index in [-0.39, 0.29) is 24.4 Å². The molecule has 0 atom stereocenters. The van der Waals surface area contributed by atoms with E-state index in [1.54, 1.807) is 18.2 Å². The number of amides is 2. The van der Waals surface area contributed by atoms with Gasteiger partial charge in [0.15, 0.2) is 11.5 Å². The number of nitrogens with zero attached hydrogens (tertiary/aromatic N) is 2. The lowest BCUT2D eigenvalue weighted by Crippen LogP contribution is -2.30.